The summed E-state index contributed by atoms with van der Waals surface area (Å²) in [4.78, 5) is 48.3. The summed E-state index contributed by atoms with van der Waals surface area (Å²) in [6.45, 7) is 22.6. The highest BCUT2D eigenvalue weighted by atomic mass is 32.1. The lowest BCUT2D eigenvalue weighted by atomic mass is 9.33. The Kier molecular flexibility index (Phi) is 11.5. The fourth-order valence-corrected chi connectivity index (χ4v) is 14.0. The van der Waals surface area contributed by atoms with E-state index < -0.39 is 28.9 Å². The summed E-state index contributed by atoms with van der Waals surface area (Å²) in [6, 6.07) is 0. The van der Waals surface area contributed by atoms with E-state index >= 15 is 0 Å². The lowest BCUT2D eigenvalue weighted by Crippen LogP contribution is -2.66. The number of ketones is 1. The van der Waals surface area contributed by atoms with Crippen molar-refractivity contribution in [1.82, 2.24) is 14.8 Å². The van der Waals surface area contributed by atoms with Gasteiger partial charge < -0.3 is 19.8 Å². The number of carbonyl (C=O) groups is 3. The number of aliphatic hydroxyl groups excluding tert-OH is 1. The number of fused-ring (bicyclic) bond motifs is 7. The summed E-state index contributed by atoms with van der Waals surface area (Å²) >= 11 is 1.60. The predicted molar refractivity (Wildman–Crippen MR) is 217 cm³/mol. The molecule has 6 rings (SSSR count). The van der Waals surface area contributed by atoms with Crippen molar-refractivity contribution in [2.75, 3.05) is 33.7 Å². The van der Waals surface area contributed by atoms with Crippen LogP contribution in [0.25, 0.3) is 0 Å². The van der Waals surface area contributed by atoms with Crippen LogP contribution < -0.4 is 0 Å². The topological polar surface area (TPSA) is 120 Å². The number of aliphatic hydroxyl groups is 1. The van der Waals surface area contributed by atoms with Crippen LogP contribution in [-0.4, -0.2) is 88.7 Å². The second-order valence-corrected chi connectivity index (χ2v) is 21.8. The molecule has 0 spiro atoms. The Hall–Kier alpha value is -2.14. The van der Waals surface area contributed by atoms with Crippen LogP contribution in [0.15, 0.2) is 22.0 Å². The van der Waals surface area contributed by atoms with Crippen LogP contribution in [0.5, 0.6) is 0 Å². The number of aliphatic carboxylic acids is 1. The van der Waals surface area contributed by atoms with Crippen molar-refractivity contribution >= 4 is 29.1 Å². The fraction of sp³-hybridized carbons (Fsp3) is 0.822. The third kappa shape index (κ3) is 7.09. The molecule has 2 N–H and O–H groups in total. The number of carboxylic acids is 1. The summed E-state index contributed by atoms with van der Waals surface area (Å²) < 4.78 is 6.19. The third-order valence-electron chi connectivity index (χ3n) is 16.7. The molecule has 4 fully saturated rings. The first kappa shape index (κ1) is 42.5. The van der Waals surface area contributed by atoms with Crippen molar-refractivity contribution in [2.45, 2.75) is 145 Å². The van der Waals surface area contributed by atoms with Crippen LogP contribution >= 0.6 is 11.3 Å². The minimum atomic E-state index is -1.17. The maximum atomic E-state index is 14.3. The van der Waals surface area contributed by atoms with E-state index in [1.807, 2.05) is 5.51 Å². The van der Waals surface area contributed by atoms with Crippen LogP contribution in [0.3, 0.4) is 0 Å². The maximum Gasteiger partial charge on any atom is 0.309 e. The number of nitrogens with zero attached hydrogens (tertiary/aromatic N) is 3. The number of ether oxygens (including phenoxy) is 1. The highest BCUT2D eigenvalue weighted by Gasteiger charge is 2.71. The molecule has 9 atom stereocenters. The number of allylic oxidation sites excluding steroid dienone is 1. The molecule has 308 valence electrons. The molecule has 0 bridgehead atoms. The number of rotatable bonds is 13. The zero-order chi connectivity index (χ0) is 40.5. The predicted octanol–water partition coefficient (Wildman–Crippen LogP) is 8.26. The van der Waals surface area contributed by atoms with Gasteiger partial charge in [-0.15, -0.1) is 11.3 Å². The van der Waals surface area contributed by atoms with Gasteiger partial charge in [-0.3, -0.25) is 19.3 Å². The molecular formula is C45H71N3O6S. The number of esters is 1. The standard InChI is InChI=1S/C45H71N3O6S/c1-28(2)37-31(49)22-45(34(50)25-48(21-20-47(10)11)24-29-26-55-27-46-29)19-18-43(8)30(38(37)45)12-13-33-42(7)16-15-35(54-36(51)23-40(3,4)39(52)53)41(5,6)32(42)14-17-44(33,43)9/h26-28,30,32-35,50H,12-25H2,1-11H3,(H,52,53)/t30-,32+,33-,34+,35-,42+,43-,44-,45+/m1/s1. The molecule has 0 aromatic carbocycles. The summed E-state index contributed by atoms with van der Waals surface area (Å²) in [5, 5.41) is 24.3. The Balaban J connectivity index is 1.28. The molecule has 1 heterocycles. The van der Waals surface area contributed by atoms with Gasteiger partial charge in [0.2, 0.25) is 0 Å². The van der Waals surface area contributed by atoms with Gasteiger partial charge >= 0.3 is 11.9 Å². The van der Waals surface area contributed by atoms with E-state index in [0.29, 0.717) is 31.3 Å². The van der Waals surface area contributed by atoms with E-state index in [9.17, 15) is 24.6 Å². The van der Waals surface area contributed by atoms with E-state index in [0.717, 1.165) is 75.7 Å². The van der Waals surface area contributed by atoms with E-state index in [-0.39, 0.29) is 51.8 Å². The number of hydrogen-bond donors (Lipinski definition) is 2. The molecule has 0 saturated heterocycles. The summed E-state index contributed by atoms with van der Waals surface area (Å²) in [6.07, 6.45) is 7.22. The van der Waals surface area contributed by atoms with Crippen molar-refractivity contribution in [2.24, 2.45) is 56.2 Å². The minimum absolute atomic E-state index is 0.0196. The first-order chi connectivity index (χ1) is 25.5. The van der Waals surface area contributed by atoms with Crippen LogP contribution in [0, 0.1) is 56.2 Å². The number of Topliss-reactive ketones (excluding diaryl/α,β-unsaturated/α-hetero) is 1. The quantitative estimate of drug-likeness (QED) is 0.191. The minimum Gasteiger partial charge on any atom is -0.481 e. The zero-order valence-electron chi connectivity index (χ0n) is 35.8. The molecule has 1 aromatic heterocycles. The molecular weight excluding hydrogens is 711 g/mol. The largest absolute Gasteiger partial charge is 0.481 e. The SMILES string of the molecule is CC(C)C1=C2[C@H]3CC[C@@H]4[C@@]5(C)CC[C@@H](OC(=O)CC(C)(C)C(=O)O)C(C)(C)[C@@H]5CC[C@@]4(C)[C@]3(C)CC[C@@]2([C@@H](O)CN(CCN(C)C)Cc2cscn2)CC1=O. The Morgan fingerprint density at radius 2 is 1.69 bits per heavy atom. The van der Waals surface area contributed by atoms with Gasteiger partial charge in [-0.1, -0.05) is 54.0 Å². The molecule has 4 saturated carbocycles. The molecule has 9 nitrogen and oxygen atoms in total. The highest BCUT2D eigenvalue weighted by molar-refractivity contribution is 7.07. The Bertz CT molecular complexity index is 1650. The highest BCUT2D eigenvalue weighted by Crippen LogP contribution is 2.77. The monoisotopic (exact) mass is 782 g/mol. The van der Waals surface area contributed by atoms with Crippen LogP contribution in [0.4, 0.5) is 0 Å². The number of aromatic nitrogens is 1. The second-order valence-electron chi connectivity index (χ2n) is 21.1. The van der Waals surface area contributed by atoms with Gasteiger partial charge in [0.05, 0.1) is 29.1 Å². The molecule has 1 aromatic rings. The Morgan fingerprint density at radius 3 is 2.31 bits per heavy atom. The summed E-state index contributed by atoms with van der Waals surface area (Å²) in [7, 11) is 4.17. The van der Waals surface area contributed by atoms with Crippen LogP contribution in [0.1, 0.15) is 132 Å². The van der Waals surface area contributed by atoms with Crippen molar-refractivity contribution in [3.05, 3.63) is 27.7 Å². The molecule has 0 aliphatic heterocycles. The van der Waals surface area contributed by atoms with E-state index in [2.05, 4.69) is 82.7 Å². The average molecular weight is 782 g/mol. The van der Waals surface area contributed by atoms with E-state index in [4.69, 9.17) is 4.74 Å². The second kappa shape index (κ2) is 14.9. The van der Waals surface area contributed by atoms with Crippen LogP contribution in [0.2, 0.25) is 0 Å². The van der Waals surface area contributed by atoms with Gasteiger partial charge in [-0.25, -0.2) is 4.98 Å². The maximum absolute atomic E-state index is 14.3. The van der Waals surface area contributed by atoms with Crippen molar-refractivity contribution in [3.8, 4) is 0 Å². The Morgan fingerprint density at radius 1 is 0.982 bits per heavy atom. The van der Waals surface area contributed by atoms with Gasteiger partial charge in [0.25, 0.3) is 0 Å². The van der Waals surface area contributed by atoms with E-state index in [1.54, 1.807) is 25.2 Å². The molecule has 55 heavy (non-hydrogen) atoms. The van der Waals surface area contributed by atoms with Gasteiger partial charge in [0, 0.05) is 48.8 Å². The first-order valence-electron chi connectivity index (χ1n) is 21.2. The number of thiazole rings is 1. The van der Waals surface area contributed by atoms with Crippen molar-refractivity contribution in [3.63, 3.8) is 0 Å². The average Bonchev–Trinajstić information content (AvgIpc) is 3.70. The van der Waals surface area contributed by atoms with Gasteiger partial charge in [-0.05, 0) is 125 Å². The number of hydrogen-bond acceptors (Lipinski definition) is 9. The number of likely N-dealkylation sites (N-methyl/N-ethyl adjacent to an activating group) is 1. The van der Waals surface area contributed by atoms with Crippen molar-refractivity contribution < 1.29 is 29.3 Å². The van der Waals surface area contributed by atoms with Gasteiger partial charge in [-0.2, -0.15) is 0 Å². The number of carboxylic acid groups (broad SMARTS) is 1. The molecule has 5 aliphatic rings. The molecule has 10 heteroatoms. The summed E-state index contributed by atoms with van der Waals surface area (Å²) in [5.41, 5.74) is 3.35. The summed E-state index contributed by atoms with van der Waals surface area (Å²) in [5.74, 6) is 0.0503. The van der Waals surface area contributed by atoms with Gasteiger partial charge in [0.1, 0.15) is 6.10 Å². The molecule has 5 aliphatic carbocycles. The van der Waals surface area contributed by atoms with E-state index in [1.165, 1.54) is 5.57 Å². The number of carbonyl (C=O) groups excluding carboxylic acids is 2. The lowest BCUT2D eigenvalue weighted by molar-refractivity contribution is -0.235. The molecule has 0 radical (unpaired) electrons. The first-order valence-corrected chi connectivity index (χ1v) is 22.1. The third-order valence-corrected chi connectivity index (χ3v) is 17.3. The fourth-order valence-electron chi connectivity index (χ4n) is 13.5. The van der Waals surface area contributed by atoms with Crippen molar-refractivity contribution in [1.29, 1.82) is 0 Å². The Labute approximate surface area is 335 Å². The smallest absolute Gasteiger partial charge is 0.309 e. The van der Waals surface area contributed by atoms with Gasteiger partial charge in [0.15, 0.2) is 5.78 Å². The normalized spacial score (nSPS) is 36.4. The van der Waals surface area contributed by atoms with Crippen LogP contribution in [-0.2, 0) is 25.7 Å². The molecule has 0 unspecified atom stereocenters. The zero-order valence-corrected chi connectivity index (χ0v) is 36.6. The lowest BCUT2D eigenvalue weighted by Gasteiger charge is -2.72. The molecule has 0 amide bonds.